The maximum atomic E-state index is 12.3. The van der Waals surface area contributed by atoms with E-state index >= 15 is 0 Å². The molecule has 23 heavy (non-hydrogen) atoms. The minimum absolute atomic E-state index is 0.143. The van der Waals surface area contributed by atoms with Gasteiger partial charge in [-0.2, -0.15) is 0 Å². The maximum Gasteiger partial charge on any atom is 0.196 e. The molecule has 0 saturated heterocycles. The van der Waals surface area contributed by atoms with Crippen LogP contribution >= 0.6 is 0 Å². The highest BCUT2D eigenvalue weighted by atomic mass is 16.5. The Balaban J connectivity index is 1.83. The monoisotopic (exact) mass is 306 g/mol. The van der Waals surface area contributed by atoms with Gasteiger partial charge in [0.25, 0.3) is 0 Å². The summed E-state index contributed by atoms with van der Waals surface area (Å²) in [6.07, 6.45) is 0. The van der Waals surface area contributed by atoms with Gasteiger partial charge >= 0.3 is 0 Å². The van der Waals surface area contributed by atoms with Crippen LogP contribution in [0.25, 0.3) is 0 Å². The number of benzene rings is 3. The summed E-state index contributed by atoms with van der Waals surface area (Å²) >= 11 is 0. The lowest BCUT2D eigenvalue weighted by Gasteiger charge is -2.09. The Labute approximate surface area is 133 Å². The molecule has 0 bridgehead atoms. The minimum Gasteiger partial charge on any atom is -0.508 e. The molecule has 2 N–H and O–H groups in total. The first-order valence-corrected chi connectivity index (χ1v) is 7.03. The molecule has 0 fully saturated rings. The van der Waals surface area contributed by atoms with Crippen molar-refractivity contribution in [2.24, 2.45) is 0 Å². The zero-order chi connectivity index (χ0) is 16.2. The quantitative estimate of drug-likeness (QED) is 0.711. The Hall–Kier alpha value is -3.27. The molecule has 3 aromatic rings. The van der Waals surface area contributed by atoms with Crippen LogP contribution in [0, 0.1) is 0 Å². The number of rotatable bonds is 4. The van der Waals surface area contributed by atoms with E-state index in [1.165, 1.54) is 24.3 Å². The highest BCUT2D eigenvalue weighted by Gasteiger charge is 2.14. The van der Waals surface area contributed by atoms with Gasteiger partial charge in [-0.15, -0.1) is 0 Å². The van der Waals surface area contributed by atoms with Crippen molar-refractivity contribution in [3.63, 3.8) is 0 Å². The lowest BCUT2D eigenvalue weighted by atomic mass is 10.0. The molecule has 0 saturated carbocycles. The summed E-state index contributed by atoms with van der Waals surface area (Å²) in [6.45, 7) is 0. The molecule has 0 aliphatic heterocycles. The lowest BCUT2D eigenvalue weighted by Crippen LogP contribution is -2.01. The highest BCUT2D eigenvalue weighted by Crippen LogP contribution is 2.29. The van der Waals surface area contributed by atoms with E-state index in [-0.39, 0.29) is 22.8 Å². The van der Waals surface area contributed by atoms with Gasteiger partial charge in [0.05, 0.1) is 5.56 Å². The normalized spacial score (nSPS) is 10.3. The number of ketones is 1. The molecule has 4 heteroatoms. The number of carbonyl (C=O) groups excluding carboxylic acids is 1. The van der Waals surface area contributed by atoms with E-state index in [2.05, 4.69) is 0 Å². The zero-order valence-electron chi connectivity index (χ0n) is 12.1. The van der Waals surface area contributed by atoms with Crippen LogP contribution in [0.2, 0.25) is 0 Å². The van der Waals surface area contributed by atoms with Crippen LogP contribution in [0.15, 0.2) is 72.8 Å². The van der Waals surface area contributed by atoms with Crippen LogP contribution in [-0.2, 0) is 0 Å². The fraction of sp³-hybridized carbons (Fsp3) is 0. The van der Waals surface area contributed by atoms with E-state index in [4.69, 9.17) is 4.74 Å². The Morgan fingerprint density at radius 2 is 1.43 bits per heavy atom. The third-order valence-electron chi connectivity index (χ3n) is 3.32. The first-order chi connectivity index (χ1) is 11.1. The van der Waals surface area contributed by atoms with Gasteiger partial charge in [0, 0.05) is 11.6 Å². The summed E-state index contributed by atoms with van der Waals surface area (Å²) in [5.41, 5.74) is 0.726. The topological polar surface area (TPSA) is 66.8 Å². The Kier molecular flexibility index (Phi) is 3.97. The Morgan fingerprint density at radius 3 is 2.09 bits per heavy atom. The van der Waals surface area contributed by atoms with Crippen molar-refractivity contribution in [1.82, 2.24) is 0 Å². The Bertz CT molecular complexity index is 824. The smallest absolute Gasteiger partial charge is 0.196 e. The van der Waals surface area contributed by atoms with E-state index in [0.29, 0.717) is 17.1 Å². The summed E-state index contributed by atoms with van der Waals surface area (Å²) in [4.78, 5) is 12.3. The van der Waals surface area contributed by atoms with Crippen LogP contribution in [0.1, 0.15) is 15.9 Å². The second-order valence-corrected chi connectivity index (χ2v) is 4.97. The number of hydrogen-bond donors (Lipinski definition) is 2. The molecular weight excluding hydrogens is 292 g/mol. The molecule has 3 rings (SSSR count). The molecule has 0 heterocycles. The van der Waals surface area contributed by atoms with E-state index in [1.807, 2.05) is 6.07 Å². The number of ether oxygens (including phenoxy) is 1. The van der Waals surface area contributed by atoms with E-state index < -0.39 is 0 Å². The van der Waals surface area contributed by atoms with Crippen molar-refractivity contribution in [2.75, 3.05) is 0 Å². The Morgan fingerprint density at radius 1 is 0.783 bits per heavy atom. The molecule has 0 aliphatic carbocycles. The van der Waals surface area contributed by atoms with Crippen LogP contribution in [0.3, 0.4) is 0 Å². The van der Waals surface area contributed by atoms with Crippen molar-refractivity contribution in [3.05, 3.63) is 83.9 Å². The molecule has 114 valence electrons. The SMILES string of the molecule is O=C(c1ccccc1)c1ccc(Oc2ccc(O)cc2)cc1O. The third kappa shape index (κ3) is 3.32. The summed E-state index contributed by atoms with van der Waals surface area (Å²) in [6, 6.07) is 19.5. The number of hydrogen-bond acceptors (Lipinski definition) is 4. The van der Waals surface area contributed by atoms with E-state index in [0.717, 1.165) is 0 Å². The fourth-order valence-corrected chi connectivity index (χ4v) is 2.16. The molecule has 0 aromatic heterocycles. The molecule has 3 aromatic carbocycles. The molecule has 0 unspecified atom stereocenters. The predicted molar refractivity (Wildman–Crippen MR) is 86.2 cm³/mol. The second kappa shape index (κ2) is 6.23. The summed E-state index contributed by atoms with van der Waals surface area (Å²) in [5, 5.41) is 19.3. The van der Waals surface area contributed by atoms with Crippen molar-refractivity contribution >= 4 is 5.78 Å². The van der Waals surface area contributed by atoms with Crippen LogP contribution in [0.4, 0.5) is 0 Å². The average molecular weight is 306 g/mol. The fourth-order valence-electron chi connectivity index (χ4n) is 2.16. The standard InChI is InChI=1S/C19H14O4/c20-14-6-8-15(9-7-14)23-16-10-11-17(18(21)12-16)19(22)13-4-2-1-3-5-13/h1-12,20-21H. The lowest BCUT2D eigenvalue weighted by molar-refractivity contribution is 0.103. The van der Waals surface area contributed by atoms with Gasteiger partial charge in [-0.3, -0.25) is 4.79 Å². The first kappa shape index (κ1) is 14.7. The van der Waals surface area contributed by atoms with Crippen LogP contribution in [0.5, 0.6) is 23.0 Å². The van der Waals surface area contributed by atoms with E-state index in [1.54, 1.807) is 42.5 Å². The van der Waals surface area contributed by atoms with Crippen LogP contribution < -0.4 is 4.74 Å². The number of phenolic OH excluding ortho intramolecular Hbond substituents is 2. The number of phenols is 2. The largest absolute Gasteiger partial charge is 0.508 e. The summed E-state index contributed by atoms with van der Waals surface area (Å²) in [7, 11) is 0. The van der Waals surface area contributed by atoms with Crippen LogP contribution in [-0.4, -0.2) is 16.0 Å². The van der Waals surface area contributed by atoms with Crippen molar-refractivity contribution in [3.8, 4) is 23.0 Å². The highest BCUT2D eigenvalue weighted by molar-refractivity contribution is 6.10. The minimum atomic E-state index is -0.251. The molecular formula is C19H14O4. The van der Waals surface area contributed by atoms with Gasteiger partial charge in [-0.05, 0) is 36.4 Å². The predicted octanol–water partition coefficient (Wildman–Crippen LogP) is 4.12. The van der Waals surface area contributed by atoms with Gasteiger partial charge in [0.15, 0.2) is 5.78 Å². The third-order valence-corrected chi connectivity index (χ3v) is 3.32. The summed E-state index contributed by atoms with van der Waals surface area (Å²) < 4.78 is 5.57. The second-order valence-electron chi connectivity index (χ2n) is 4.97. The summed E-state index contributed by atoms with van der Waals surface area (Å²) in [5.74, 6) is 0.667. The van der Waals surface area contributed by atoms with E-state index in [9.17, 15) is 15.0 Å². The number of carbonyl (C=O) groups is 1. The average Bonchev–Trinajstić information content (AvgIpc) is 2.57. The zero-order valence-corrected chi connectivity index (χ0v) is 12.1. The maximum absolute atomic E-state index is 12.3. The van der Waals surface area contributed by atoms with Crippen molar-refractivity contribution in [1.29, 1.82) is 0 Å². The first-order valence-electron chi connectivity index (χ1n) is 7.03. The van der Waals surface area contributed by atoms with Gasteiger partial charge in [-0.25, -0.2) is 0 Å². The molecule has 0 spiro atoms. The van der Waals surface area contributed by atoms with Crippen molar-refractivity contribution in [2.45, 2.75) is 0 Å². The van der Waals surface area contributed by atoms with Crippen molar-refractivity contribution < 1.29 is 19.7 Å². The van der Waals surface area contributed by atoms with Gasteiger partial charge in [0.1, 0.15) is 23.0 Å². The molecule has 0 atom stereocenters. The molecule has 0 aliphatic rings. The van der Waals surface area contributed by atoms with Gasteiger partial charge in [-0.1, -0.05) is 30.3 Å². The molecule has 0 radical (unpaired) electrons. The van der Waals surface area contributed by atoms with Gasteiger partial charge < -0.3 is 14.9 Å². The number of aromatic hydroxyl groups is 2. The molecule has 0 amide bonds. The molecule has 4 nitrogen and oxygen atoms in total. The van der Waals surface area contributed by atoms with Gasteiger partial charge in [0.2, 0.25) is 0 Å².